The van der Waals surface area contributed by atoms with Crippen LogP contribution in [0, 0.1) is 0 Å². The van der Waals surface area contributed by atoms with Crippen molar-refractivity contribution in [1.82, 2.24) is 0 Å². The molecule has 0 aliphatic heterocycles. The maximum absolute atomic E-state index is 12.6. The number of ketones is 2. The average Bonchev–Trinajstić information content (AvgIpc) is 3.00. The van der Waals surface area contributed by atoms with Crippen molar-refractivity contribution in [2.75, 3.05) is 0 Å². The van der Waals surface area contributed by atoms with Crippen LogP contribution in [0.1, 0.15) is 79.8 Å². The first-order valence-corrected chi connectivity index (χ1v) is 8.40. The van der Waals surface area contributed by atoms with E-state index < -0.39 is 0 Å². The van der Waals surface area contributed by atoms with Crippen LogP contribution in [0.3, 0.4) is 0 Å². The summed E-state index contributed by atoms with van der Waals surface area (Å²) in [6.07, 6.45) is 0. The molecule has 1 aliphatic carbocycles. The van der Waals surface area contributed by atoms with Crippen molar-refractivity contribution in [3.8, 4) is 0 Å². The summed E-state index contributed by atoms with van der Waals surface area (Å²) < 4.78 is 0. The molecule has 4 heteroatoms. The molecule has 2 aromatic rings. The van der Waals surface area contributed by atoms with Gasteiger partial charge in [-0.25, -0.2) is 0 Å². The van der Waals surface area contributed by atoms with Gasteiger partial charge in [-0.3, -0.25) is 9.59 Å². The Labute approximate surface area is 126 Å². The van der Waals surface area contributed by atoms with E-state index in [4.69, 9.17) is 0 Å². The smallest absolute Gasteiger partial charge is 0.205 e. The van der Waals surface area contributed by atoms with Gasteiger partial charge in [-0.2, -0.15) is 0 Å². The maximum Gasteiger partial charge on any atom is 0.205 e. The quantitative estimate of drug-likeness (QED) is 0.679. The van der Waals surface area contributed by atoms with Crippen molar-refractivity contribution < 1.29 is 9.59 Å². The number of hydrogen-bond donors (Lipinski definition) is 0. The molecule has 0 saturated carbocycles. The third kappa shape index (κ3) is 1.90. The standard InChI is InChI=1S/C16H16O2S2/c1-7(2)11-5-9-13(17)16-10(14(18)15(9)19-11)6-12(20-16)8(3)4/h5-8H,1-4H3. The lowest BCUT2D eigenvalue weighted by Crippen LogP contribution is -2.15. The average molecular weight is 304 g/mol. The first-order chi connectivity index (χ1) is 9.40. The molecule has 0 spiro atoms. The molecule has 0 fully saturated rings. The zero-order valence-corrected chi connectivity index (χ0v) is 13.6. The van der Waals surface area contributed by atoms with E-state index in [1.807, 2.05) is 12.1 Å². The second-order valence-electron chi connectivity index (χ2n) is 5.75. The summed E-state index contributed by atoms with van der Waals surface area (Å²) in [5, 5.41) is 0. The Bertz CT molecular complexity index is 608. The van der Waals surface area contributed by atoms with E-state index in [0.717, 1.165) is 9.75 Å². The van der Waals surface area contributed by atoms with E-state index in [-0.39, 0.29) is 11.6 Å². The van der Waals surface area contributed by atoms with Gasteiger partial charge in [-0.05, 0) is 24.0 Å². The Morgan fingerprint density at radius 2 is 1.10 bits per heavy atom. The predicted molar refractivity (Wildman–Crippen MR) is 83.7 cm³/mol. The minimum absolute atomic E-state index is 0.0228. The Morgan fingerprint density at radius 1 is 0.750 bits per heavy atom. The van der Waals surface area contributed by atoms with Crippen LogP contribution in [-0.2, 0) is 0 Å². The number of hydrogen-bond acceptors (Lipinski definition) is 4. The zero-order valence-electron chi connectivity index (χ0n) is 11.9. The summed E-state index contributed by atoms with van der Waals surface area (Å²) >= 11 is 2.94. The predicted octanol–water partition coefficient (Wildman–Crippen LogP) is 4.83. The summed E-state index contributed by atoms with van der Waals surface area (Å²) in [7, 11) is 0. The molecule has 104 valence electrons. The van der Waals surface area contributed by atoms with E-state index in [0.29, 0.717) is 32.7 Å². The minimum atomic E-state index is 0.0228. The van der Waals surface area contributed by atoms with Crippen LogP contribution in [0.15, 0.2) is 12.1 Å². The molecule has 2 nitrogen and oxygen atoms in total. The molecule has 20 heavy (non-hydrogen) atoms. The van der Waals surface area contributed by atoms with Gasteiger partial charge in [0.1, 0.15) is 0 Å². The van der Waals surface area contributed by atoms with Crippen LogP contribution in [0.2, 0.25) is 0 Å². The molecule has 0 unspecified atom stereocenters. The van der Waals surface area contributed by atoms with Gasteiger partial charge in [-0.15, -0.1) is 22.7 Å². The van der Waals surface area contributed by atoms with E-state index in [1.165, 1.54) is 22.7 Å². The lowest BCUT2D eigenvalue weighted by molar-refractivity contribution is 0.0986. The van der Waals surface area contributed by atoms with Crippen LogP contribution in [0.5, 0.6) is 0 Å². The summed E-state index contributed by atoms with van der Waals surface area (Å²) in [6.45, 7) is 8.33. The SMILES string of the molecule is CC(C)c1cc2c(s1)C(=O)c1cc(C(C)C)sc1C2=O. The molecule has 2 aromatic heterocycles. The molecule has 0 amide bonds. The molecule has 0 aromatic carbocycles. The topological polar surface area (TPSA) is 34.1 Å². The van der Waals surface area contributed by atoms with E-state index in [2.05, 4.69) is 27.7 Å². The van der Waals surface area contributed by atoms with Crippen molar-refractivity contribution in [2.24, 2.45) is 0 Å². The molecular formula is C16H16O2S2. The first kappa shape index (κ1) is 13.7. The molecule has 0 saturated heterocycles. The highest BCUT2D eigenvalue weighted by atomic mass is 32.1. The number of rotatable bonds is 2. The Morgan fingerprint density at radius 3 is 1.40 bits per heavy atom. The van der Waals surface area contributed by atoms with Crippen LogP contribution in [-0.4, -0.2) is 11.6 Å². The maximum atomic E-state index is 12.6. The molecular weight excluding hydrogens is 288 g/mol. The summed E-state index contributed by atoms with van der Waals surface area (Å²) in [6, 6.07) is 3.81. The summed E-state index contributed by atoms with van der Waals surface area (Å²) in [5.41, 5.74) is 1.21. The molecule has 0 atom stereocenters. The van der Waals surface area contributed by atoms with Crippen LogP contribution in [0.25, 0.3) is 0 Å². The Kier molecular flexibility index (Phi) is 3.18. The van der Waals surface area contributed by atoms with Gasteiger partial charge in [-0.1, -0.05) is 27.7 Å². The highest BCUT2D eigenvalue weighted by molar-refractivity contribution is 7.17. The van der Waals surface area contributed by atoms with Gasteiger partial charge in [0.05, 0.1) is 9.75 Å². The lowest BCUT2D eigenvalue weighted by atomic mass is 9.94. The number of thiophene rings is 2. The molecule has 2 heterocycles. The molecule has 3 rings (SSSR count). The van der Waals surface area contributed by atoms with Gasteiger partial charge in [0.15, 0.2) is 0 Å². The van der Waals surface area contributed by atoms with Crippen LogP contribution in [0.4, 0.5) is 0 Å². The summed E-state index contributed by atoms with van der Waals surface area (Å²) in [5.74, 6) is 0.732. The van der Waals surface area contributed by atoms with E-state index in [9.17, 15) is 9.59 Å². The van der Waals surface area contributed by atoms with E-state index in [1.54, 1.807) is 0 Å². The number of fused-ring (bicyclic) bond motifs is 2. The van der Waals surface area contributed by atoms with Crippen molar-refractivity contribution in [2.45, 2.75) is 39.5 Å². The fourth-order valence-corrected chi connectivity index (χ4v) is 4.53. The van der Waals surface area contributed by atoms with Gasteiger partial charge < -0.3 is 0 Å². The zero-order chi connectivity index (χ0) is 14.6. The number of carbonyl (C=O) groups excluding carboxylic acids is 2. The largest absolute Gasteiger partial charge is 0.288 e. The van der Waals surface area contributed by atoms with Crippen LogP contribution < -0.4 is 0 Å². The fraction of sp³-hybridized carbons (Fsp3) is 0.375. The third-order valence-corrected chi connectivity index (χ3v) is 6.41. The van der Waals surface area contributed by atoms with Gasteiger partial charge >= 0.3 is 0 Å². The van der Waals surface area contributed by atoms with Gasteiger partial charge in [0.2, 0.25) is 11.6 Å². The lowest BCUT2D eigenvalue weighted by Gasteiger charge is -2.08. The van der Waals surface area contributed by atoms with Gasteiger partial charge in [0, 0.05) is 20.9 Å². The second kappa shape index (κ2) is 4.64. The fourth-order valence-electron chi connectivity index (χ4n) is 2.31. The molecule has 0 bridgehead atoms. The van der Waals surface area contributed by atoms with Crippen molar-refractivity contribution in [3.05, 3.63) is 42.8 Å². The minimum Gasteiger partial charge on any atom is -0.288 e. The summed E-state index contributed by atoms with van der Waals surface area (Å²) in [4.78, 5) is 28.6. The van der Waals surface area contributed by atoms with Crippen molar-refractivity contribution in [3.63, 3.8) is 0 Å². The monoisotopic (exact) mass is 304 g/mol. The van der Waals surface area contributed by atoms with Crippen LogP contribution >= 0.6 is 22.7 Å². The second-order valence-corrected chi connectivity index (χ2v) is 7.92. The molecule has 0 radical (unpaired) electrons. The Hall–Kier alpha value is -1.26. The van der Waals surface area contributed by atoms with Crippen molar-refractivity contribution >= 4 is 34.2 Å². The Balaban J connectivity index is 2.16. The highest BCUT2D eigenvalue weighted by Crippen LogP contribution is 2.40. The first-order valence-electron chi connectivity index (χ1n) is 6.77. The molecule has 1 aliphatic rings. The van der Waals surface area contributed by atoms with E-state index >= 15 is 0 Å². The molecule has 0 N–H and O–H groups in total. The van der Waals surface area contributed by atoms with Gasteiger partial charge in [0.25, 0.3) is 0 Å². The third-order valence-electron chi connectivity index (χ3n) is 3.54. The highest BCUT2D eigenvalue weighted by Gasteiger charge is 2.34. The normalized spacial score (nSPS) is 14.1. The van der Waals surface area contributed by atoms with Crippen molar-refractivity contribution in [1.29, 1.82) is 0 Å². The number of carbonyl (C=O) groups is 2.